The highest BCUT2D eigenvalue weighted by Gasteiger charge is 2.43. The van der Waals surface area contributed by atoms with E-state index < -0.39 is 0 Å². The van der Waals surface area contributed by atoms with E-state index in [0.717, 1.165) is 11.3 Å². The molecule has 3 rings (SSSR count). The third-order valence-corrected chi connectivity index (χ3v) is 3.14. The predicted octanol–water partition coefficient (Wildman–Crippen LogP) is 1.82. The van der Waals surface area contributed by atoms with Crippen molar-refractivity contribution in [2.24, 2.45) is 5.92 Å². The largest absolute Gasteiger partial charge is 0.339 e. The van der Waals surface area contributed by atoms with Crippen molar-refractivity contribution in [3.63, 3.8) is 0 Å². The summed E-state index contributed by atoms with van der Waals surface area (Å²) in [5.41, 5.74) is 1.72. The SMILES string of the molecule is N#CC1CC1c1nc(-c2cncs2)no1. The van der Waals surface area contributed by atoms with Gasteiger partial charge in [-0.15, -0.1) is 11.3 Å². The Morgan fingerprint density at radius 2 is 2.53 bits per heavy atom. The van der Waals surface area contributed by atoms with E-state index in [1.807, 2.05) is 0 Å². The van der Waals surface area contributed by atoms with Crippen LogP contribution in [0.15, 0.2) is 16.2 Å². The molecule has 1 aliphatic rings. The molecule has 2 heterocycles. The standard InChI is InChI=1S/C9H6N4OS/c10-2-5-1-6(5)9-12-8(13-14-9)7-3-11-4-15-7/h3-6H,1H2. The maximum absolute atomic E-state index is 8.68. The van der Waals surface area contributed by atoms with E-state index in [9.17, 15) is 0 Å². The zero-order chi connectivity index (χ0) is 10.3. The summed E-state index contributed by atoms with van der Waals surface area (Å²) in [7, 11) is 0. The summed E-state index contributed by atoms with van der Waals surface area (Å²) in [5, 5.41) is 12.5. The van der Waals surface area contributed by atoms with E-state index in [-0.39, 0.29) is 11.8 Å². The number of aromatic nitrogens is 3. The first kappa shape index (κ1) is 8.56. The number of hydrogen-bond donors (Lipinski definition) is 0. The Labute approximate surface area is 89.4 Å². The minimum Gasteiger partial charge on any atom is -0.339 e. The second-order valence-corrected chi connectivity index (χ2v) is 4.29. The average molecular weight is 218 g/mol. The second kappa shape index (κ2) is 3.14. The van der Waals surface area contributed by atoms with E-state index in [4.69, 9.17) is 9.78 Å². The molecule has 0 saturated heterocycles. The molecule has 0 spiro atoms. The van der Waals surface area contributed by atoms with Gasteiger partial charge in [0.25, 0.3) is 0 Å². The molecule has 1 fully saturated rings. The van der Waals surface area contributed by atoms with Crippen LogP contribution in [0.3, 0.4) is 0 Å². The molecule has 2 unspecified atom stereocenters. The zero-order valence-electron chi connectivity index (χ0n) is 7.62. The van der Waals surface area contributed by atoms with Crippen molar-refractivity contribution >= 4 is 11.3 Å². The second-order valence-electron chi connectivity index (χ2n) is 3.40. The molecular weight excluding hydrogens is 212 g/mol. The molecule has 1 saturated carbocycles. The van der Waals surface area contributed by atoms with Gasteiger partial charge in [-0.05, 0) is 6.42 Å². The number of hydrogen-bond acceptors (Lipinski definition) is 6. The van der Waals surface area contributed by atoms with Gasteiger partial charge >= 0.3 is 0 Å². The Morgan fingerprint density at radius 3 is 3.20 bits per heavy atom. The van der Waals surface area contributed by atoms with Crippen LogP contribution >= 0.6 is 11.3 Å². The van der Waals surface area contributed by atoms with Gasteiger partial charge in [0.15, 0.2) is 0 Å². The molecule has 0 amide bonds. The number of nitriles is 1. The van der Waals surface area contributed by atoms with Crippen LogP contribution in [0, 0.1) is 17.2 Å². The van der Waals surface area contributed by atoms with Gasteiger partial charge in [0, 0.05) is 6.20 Å². The van der Waals surface area contributed by atoms with E-state index >= 15 is 0 Å². The zero-order valence-corrected chi connectivity index (χ0v) is 8.44. The topological polar surface area (TPSA) is 75.6 Å². The van der Waals surface area contributed by atoms with E-state index in [0.29, 0.717) is 11.7 Å². The molecule has 2 aromatic rings. The van der Waals surface area contributed by atoms with Gasteiger partial charge in [-0.2, -0.15) is 10.2 Å². The molecule has 0 N–H and O–H groups in total. The maximum Gasteiger partial charge on any atom is 0.231 e. The molecule has 5 nitrogen and oxygen atoms in total. The first-order valence-electron chi connectivity index (χ1n) is 4.50. The highest BCUT2D eigenvalue weighted by Crippen LogP contribution is 2.46. The lowest BCUT2D eigenvalue weighted by molar-refractivity contribution is 0.378. The van der Waals surface area contributed by atoms with Crippen LogP contribution in [0.1, 0.15) is 18.2 Å². The van der Waals surface area contributed by atoms with Crippen LogP contribution in [0.5, 0.6) is 0 Å². The van der Waals surface area contributed by atoms with Gasteiger partial charge in [-0.25, -0.2) is 0 Å². The molecular formula is C9H6N4OS. The monoisotopic (exact) mass is 218 g/mol. The normalized spacial score (nSPS) is 23.7. The summed E-state index contributed by atoms with van der Waals surface area (Å²) in [4.78, 5) is 9.09. The third kappa shape index (κ3) is 1.41. The lowest BCUT2D eigenvalue weighted by atomic mass is 10.3. The fraction of sp³-hybridized carbons (Fsp3) is 0.333. The Bertz CT molecular complexity index is 512. The summed E-state index contributed by atoms with van der Waals surface area (Å²) < 4.78 is 5.11. The van der Waals surface area contributed by atoms with Crippen LogP contribution in [0.2, 0.25) is 0 Å². The van der Waals surface area contributed by atoms with Crippen LogP contribution in [0.25, 0.3) is 10.7 Å². The van der Waals surface area contributed by atoms with Crippen LogP contribution in [-0.4, -0.2) is 15.1 Å². The van der Waals surface area contributed by atoms with Gasteiger partial charge < -0.3 is 4.52 Å². The summed E-state index contributed by atoms with van der Waals surface area (Å²) in [5.74, 6) is 1.34. The highest BCUT2D eigenvalue weighted by molar-refractivity contribution is 7.13. The van der Waals surface area contributed by atoms with Gasteiger partial charge in [0.1, 0.15) is 0 Å². The van der Waals surface area contributed by atoms with E-state index in [2.05, 4.69) is 21.2 Å². The minimum atomic E-state index is 0.0553. The van der Waals surface area contributed by atoms with Crippen LogP contribution < -0.4 is 0 Å². The van der Waals surface area contributed by atoms with Gasteiger partial charge in [0.2, 0.25) is 11.7 Å². The van der Waals surface area contributed by atoms with Crippen LogP contribution in [0.4, 0.5) is 0 Å². The molecule has 15 heavy (non-hydrogen) atoms. The Morgan fingerprint density at radius 1 is 1.60 bits per heavy atom. The Balaban J connectivity index is 1.87. The van der Waals surface area contributed by atoms with Crippen molar-refractivity contribution in [2.45, 2.75) is 12.3 Å². The quantitative estimate of drug-likeness (QED) is 0.768. The molecule has 0 radical (unpaired) electrons. The average Bonchev–Trinajstić information content (AvgIpc) is 2.73. The van der Waals surface area contributed by atoms with Gasteiger partial charge in [-0.3, -0.25) is 4.98 Å². The molecule has 0 aromatic carbocycles. The first-order valence-corrected chi connectivity index (χ1v) is 5.38. The summed E-state index contributed by atoms with van der Waals surface area (Å²) in [6, 6.07) is 2.19. The molecule has 6 heteroatoms. The predicted molar refractivity (Wildman–Crippen MR) is 51.9 cm³/mol. The molecule has 74 valence electrons. The third-order valence-electron chi connectivity index (χ3n) is 2.37. The fourth-order valence-electron chi connectivity index (χ4n) is 1.42. The molecule has 0 aliphatic heterocycles. The summed E-state index contributed by atoms with van der Waals surface area (Å²) in [6.45, 7) is 0. The molecule has 0 bridgehead atoms. The Kier molecular flexibility index (Phi) is 1.79. The van der Waals surface area contributed by atoms with Gasteiger partial charge in [-0.1, -0.05) is 5.16 Å². The van der Waals surface area contributed by atoms with E-state index in [1.165, 1.54) is 11.3 Å². The minimum absolute atomic E-state index is 0.0553. The maximum atomic E-state index is 8.68. The number of thiazole rings is 1. The summed E-state index contributed by atoms with van der Waals surface area (Å²) in [6.07, 6.45) is 2.54. The molecule has 2 aromatic heterocycles. The van der Waals surface area contributed by atoms with Crippen LogP contribution in [-0.2, 0) is 0 Å². The number of rotatable bonds is 2. The molecule has 1 aliphatic carbocycles. The number of nitrogens with zero attached hydrogens (tertiary/aromatic N) is 4. The van der Waals surface area contributed by atoms with Crippen molar-refractivity contribution in [3.05, 3.63) is 17.6 Å². The van der Waals surface area contributed by atoms with Crippen molar-refractivity contribution in [1.82, 2.24) is 15.1 Å². The van der Waals surface area contributed by atoms with Crippen molar-refractivity contribution in [2.75, 3.05) is 0 Å². The highest BCUT2D eigenvalue weighted by atomic mass is 32.1. The van der Waals surface area contributed by atoms with Crippen molar-refractivity contribution in [3.8, 4) is 16.8 Å². The van der Waals surface area contributed by atoms with Crippen molar-refractivity contribution in [1.29, 1.82) is 5.26 Å². The summed E-state index contributed by atoms with van der Waals surface area (Å²) >= 11 is 1.47. The first-order chi connectivity index (χ1) is 7.38. The van der Waals surface area contributed by atoms with Gasteiger partial charge in [0.05, 0.1) is 28.3 Å². The smallest absolute Gasteiger partial charge is 0.231 e. The lowest BCUT2D eigenvalue weighted by Crippen LogP contribution is -1.81. The fourth-order valence-corrected chi connectivity index (χ4v) is 1.97. The molecule has 2 atom stereocenters. The Hall–Kier alpha value is -1.74. The van der Waals surface area contributed by atoms with E-state index in [1.54, 1.807) is 11.7 Å². The van der Waals surface area contributed by atoms with Crippen molar-refractivity contribution < 1.29 is 4.52 Å². The lowest BCUT2D eigenvalue weighted by Gasteiger charge is -1.82.